The van der Waals surface area contributed by atoms with Crippen LogP contribution in [-0.4, -0.2) is 46.2 Å². The summed E-state index contributed by atoms with van der Waals surface area (Å²) >= 11 is 0. The highest BCUT2D eigenvalue weighted by molar-refractivity contribution is 5.79. The summed E-state index contributed by atoms with van der Waals surface area (Å²) in [6.07, 6.45) is -0.575. The quantitative estimate of drug-likeness (QED) is 0.768. The lowest BCUT2D eigenvalue weighted by Gasteiger charge is -2.23. The number of aliphatic carboxylic acids is 1. The summed E-state index contributed by atoms with van der Waals surface area (Å²) in [5.41, 5.74) is 0.874. The van der Waals surface area contributed by atoms with Crippen LogP contribution in [0.25, 0.3) is 0 Å². The molecule has 1 amide bonds. The summed E-state index contributed by atoms with van der Waals surface area (Å²) in [6, 6.07) is 9.25. The Morgan fingerprint density at radius 2 is 1.89 bits per heavy atom. The van der Waals surface area contributed by atoms with Gasteiger partial charge in [-0.15, -0.1) is 0 Å². The average Bonchev–Trinajstić information content (AvgIpc) is 2.35. The van der Waals surface area contributed by atoms with E-state index in [-0.39, 0.29) is 31.8 Å². The van der Waals surface area contributed by atoms with E-state index < -0.39 is 12.1 Å². The Hall–Kier alpha value is -1.88. The molecule has 0 heterocycles. The fourth-order valence-electron chi connectivity index (χ4n) is 1.75. The van der Waals surface area contributed by atoms with Gasteiger partial charge < -0.3 is 15.1 Å². The zero-order valence-electron chi connectivity index (χ0n) is 11.0. The van der Waals surface area contributed by atoms with Crippen molar-refractivity contribution in [2.75, 3.05) is 13.1 Å². The Morgan fingerprint density at radius 1 is 1.26 bits per heavy atom. The van der Waals surface area contributed by atoms with Gasteiger partial charge in [-0.2, -0.15) is 0 Å². The Bertz CT molecular complexity index is 417. The van der Waals surface area contributed by atoms with Gasteiger partial charge in [-0.3, -0.25) is 9.59 Å². The van der Waals surface area contributed by atoms with Crippen LogP contribution >= 0.6 is 0 Å². The molecule has 1 unspecified atom stereocenters. The molecule has 104 valence electrons. The minimum atomic E-state index is -0.955. The lowest BCUT2D eigenvalue weighted by Crippen LogP contribution is -2.38. The summed E-state index contributed by atoms with van der Waals surface area (Å²) in [5, 5.41) is 18.0. The van der Waals surface area contributed by atoms with Crippen molar-refractivity contribution < 1.29 is 19.8 Å². The van der Waals surface area contributed by atoms with Crippen molar-refractivity contribution in [3.8, 4) is 0 Å². The number of carboxylic acids is 1. The lowest BCUT2D eigenvalue weighted by atomic mass is 10.1. The van der Waals surface area contributed by atoms with Crippen molar-refractivity contribution in [3.63, 3.8) is 0 Å². The van der Waals surface area contributed by atoms with Gasteiger partial charge in [-0.05, 0) is 12.5 Å². The van der Waals surface area contributed by atoms with Crippen molar-refractivity contribution in [2.24, 2.45) is 0 Å². The molecule has 0 bridgehead atoms. The van der Waals surface area contributed by atoms with Gasteiger partial charge in [0.2, 0.25) is 5.91 Å². The van der Waals surface area contributed by atoms with E-state index in [1.807, 2.05) is 30.3 Å². The molecule has 1 atom stereocenters. The van der Waals surface area contributed by atoms with E-state index in [1.165, 1.54) is 4.90 Å². The predicted octanol–water partition coefficient (Wildman–Crippen LogP) is 0.913. The third-order valence-electron chi connectivity index (χ3n) is 2.63. The summed E-state index contributed by atoms with van der Waals surface area (Å²) < 4.78 is 0. The fourth-order valence-corrected chi connectivity index (χ4v) is 1.75. The first-order chi connectivity index (χ1) is 8.99. The Balaban J connectivity index is 2.62. The van der Waals surface area contributed by atoms with E-state index in [4.69, 9.17) is 5.11 Å². The molecule has 1 aromatic rings. The monoisotopic (exact) mass is 265 g/mol. The summed E-state index contributed by atoms with van der Waals surface area (Å²) in [7, 11) is 0. The first kappa shape index (κ1) is 15.2. The zero-order chi connectivity index (χ0) is 14.3. The molecule has 0 saturated carbocycles. The predicted molar refractivity (Wildman–Crippen MR) is 70.7 cm³/mol. The minimum absolute atomic E-state index is 0.117. The maximum Gasteiger partial charge on any atom is 0.305 e. The number of carbonyl (C=O) groups is 2. The van der Waals surface area contributed by atoms with Crippen LogP contribution in [0, 0.1) is 0 Å². The molecule has 0 spiro atoms. The second kappa shape index (κ2) is 7.53. The van der Waals surface area contributed by atoms with Crippen molar-refractivity contribution in [1.29, 1.82) is 0 Å². The molecule has 0 aromatic heterocycles. The number of hydrogen-bond donors (Lipinski definition) is 2. The molecule has 1 rings (SSSR count). The van der Waals surface area contributed by atoms with Gasteiger partial charge in [0.1, 0.15) is 0 Å². The number of carbonyl (C=O) groups excluding carboxylic acids is 1. The number of aliphatic hydroxyl groups excluding tert-OH is 1. The molecular weight excluding hydrogens is 246 g/mol. The molecule has 5 heteroatoms. The van der Waals surface area contributed by atoms with E-state index in [1.54, 1.807) is 6.92 Å². The van der Waals surface area contributed by atoms with Crippen LogP contribution in [-0.2, 0) is 16.0 Å². The Kier molecular flexibility index (Phi) is 6.02. The van der Waals surface area contributed by atoms with E-state index in [9.17, 15) is 14.7 Å². The molecule has 1 aromatic carbocycles. The maximum atomic E-state index is 12.1. The van der Waals surface area contributed by atoms with Gasteiger partial charge >= 0.3 is 5.97 Å². The molecule has 0 radical (unpaired) electrons. The van der Waals surface area contributed by atoms with Gasteiger partial charge in [0.15, 0.2) is 0 Å². The van der Waals surface area contributed by atoms with Crippen LogP contribution in [0.5, 0.6) is 0 Å². The van der Waals surface area contributed by atoms with Crippen LogP contribution in [0.3, 0.4) is 0 Å². The standard InChI is InChI=1S/C14H19NO4/c1-11(16)10-15(8-7-14(18)19)13(17)9-12-5-3-2-4-6-12/h2-6,11,16H,7-10H2,1H3,(H,18,19). The molecule has 0 aliphatic rings. The molecule has 0 aliphatic heterocycles. The van der Waals surface area contributed by atoms with Crippen molar-refractivity contribution in [1.82, 2.24) is 4.90 Å². The van der Waals surface area contributed by atoms with Gasteiger partial charge in [0.05, 0.1) is 18.9 Å². The van der Waals surface area contributed by atoms with Crippen molar-refractivity contribution in [3.05, 3.63) is 35.9 Å². The average molecular weight is 265 g/mol. The molecule has 5 nitrogen and oxygen atoms in total. The summed E-state index contributed by atoms with van der Waals surface area (Å²) in [4.78, 5) is 24.0. The van der Waals surface area contributed by atoms with Gasteiger partial charge in [0.25, 0.3) is 0 Å². The topological polar surface area (TPSA) is 77.8 Å². The number of benzene rings is 1. The van der Waals surface area contributed by atoms with E-state index >= 15 is 0 Å². The minimum Gasteiger partial charge on any atom is -0.481 e. The van der Waals surface area contributed by atoms with Crippen LogP contribution in [0.2, 0.25) is 0 Å². The first-order valence-corrected chi connectivity index (χ1v) is 6.20. The van der Waals surface area contributed by atoms with Crippen LogP contribution < -0.4 is 0 Å². The SMILES string of the molecule is CC(O)CN(CCC(=O)O)C(=O)Cc1ccccc1. The van der Waals surface area contributed by atoms with E-state index in [0.717, 1.165) is 5.56 Å². The number of nitrogens with zero attached hydrogens (tertiary/aromatic N) is 1. The van der Waals surface area contributed by atoms with Crippen molar-refractivity contribution >= 4 is 11.9 Å². The normalized spacial score (nSPS) is 11.9. The number of carboxylic acid groups (broad SMARTS) is 1. The number of rotatable bonds is 7. The third-order valence-corrected chi connectivity index (χ3v) is 2.63. The van der Waals surface area contributed by atoms with Crippen molar-refractivity contribution in [2.45, 2.75) is 25.9 Å². The molecule has 0 saturated heterocycles. The Labute approximate surface area is 112 Å². The number of aliphatic hydroxyl groups is 1. The molecule has 2 N–H and O–H groups in total. The summed E-state index contributed by atoms with van der Waals surface area (Å²) in [5.74, 6) is -1.13. The van der Waals surface area contributed by atoms with E-state index in [2.05, 4.69) is 0 Å². The van der Waals surface area contributed by atoms with Crippen LogP contribution in [0.4, 0.5) is 0 Å². The molecule has 19 heavy (non-hydrogen) atoms. The highest BCUT2D eigenvalue weighted by Gasteiger charge is 2.16. The smallest absolute Gasteiger partial charge is 0.305 e. The van der Waals surface area contributed by atoms with Gasteiger partial charge in [-0.25, -0.2) is 0 Å². The molecule has 0 fully saturated rings. The fraction of sp³-hybridized carbons (Fsp3) is 0.429. The van der Waals surface area contributed by atoms with Gasteiger partial charge in [-0.1, -0.05) is 30.3 Å². The lowest BCUT2D eigenvalue weighted by molar-refractivity contribution is -0.138. The van der Waals surface area contributed by atoms with Gasteiger partial charge in [0, 0.05) is 13.1 Å². The summed E-state index contributed by atoms with van der Waals surface area (Å²) in [6.45, 7) is 1.84. The van der Waals surface area contributed by atoms with Crippen LogP contribution in [0.1, 0.15) is 18.9 Å². The first-order valence-electron chi connectivity index (χ1n) is 6.20. The largest absolute Gasteiger partial charge is 0.481 e. The third kappa shape index (κ3) is 6.01. The Morgan fingerprint density at radius 3 is 2.42 bits per heavy atom. The van der Waals surface area contributed by atoms with E-state index in [0.29, 0.717) is 0 Å². The zero-order valence-corrected chi connectivity index (χ0v) is 11.0. The highest BCUT2D eigenvalue weighted by atomic mass is 16.4. The number of amides is 1. The number of hydrogen-bond acceptors (Lipinski definition) is 3. The second-order valence-corrected chi connectivity index (χ2v) is 4.49. The maximum absolute atomic E-state index is 12.1. The molecular formula is C14H19NO4. The second-order valence-electron chi connectivity index (χ2n) is 4.49. The molecule has 0 aliphatic carbocycles. The highest BCUT2D eigenvalue weighted by Crippen LogP contribution is 2.05. The van der Waals surface area contributed by atoms with Crippen LogP contribution in [0.15, 0.2) is 30.3 Å².